The summed E-state index contributed by atoms with van der Waals surface area (Å²) in [6, 6.07) is 0.0632. The van der Waals surface area contributed by atoms with Crippen LogP contribution in [0.3, 0.4) is 0 Å². The van der Waals surface area contributed by atoms with E-state index in [1.807, 2.05) is 0 Å². The minimum Gasteiger partial charge on any atom is -0.368 e. The van der Waals surface area contributed by atoms with E-state index in [1.54, 1.807) is 18.0 Å². The van der Waals surface area contributed by atoms with Crippen LogP contribution in [-0.2, 0) is 7.05 Å². The van der Waals surface area contributed by atoms with E-state index < -0.39 is 4.92 Å². The summed E-state index contributed by atoms with van der Waals surface area (Å²) in [5.74, 6) is -0.108. The first-order chi connectivity index (χ1) is 9.16. The van der Waals surface area contributed by atoms with Crippen molar-refractivity contribution in [2.24, 2.45) is 12.0 Å². The number of nitro groups is 1. The predicted octanol–water partition coefficient (Wildman–Crippen LogP) is -0.777. The van der Waals surface area contributed by atoms with Gasteiger partial charge in [-0.2, -0.15) is 0 Å². The van der Waals surface area contributed by atoms with Gasteiger partial charge in [-0.25, -0.2) is 0 Å². The third-order valence-electron chi connectivity index (χ3n) is 3.06. The molecule has 3 heterocycles. The molecule has 0 aromatic carbocycles. The van der Waals surface area contributed by atoms with Crippen molar-refractivity contribution in [3.8, 4) is 0 Å². The standard InChI is InChI=1S/C9H13N7O2S/c1-15-4-14-7(16(17)18)9(15)19-8-5-6(11-2-10-5)12-3-13-8/h2,4-6,8,12-13H,3H2,1H3,(H,10,11). The second-order valence-corrected chi connectivity index (χ2v) is 5.41. The number of hydrogen-bond donors (Lipinski definition) is 3. The van der Waals surface area contributed by atoms with Crippen molar-refractivity contribution in [2.75, 3.05) is 6.67 Å². The molecule has 0 saturated carbocycles. The lowest BCUT2D eigenvalue weighted by atomic mass is 10.2. The Bertz CT molecular complexity index is 531. The molecule has 1 fully saturated rings. The summed E-state index contributed by atoms with van der Waals surface area (Å²) in [5.41, 5.74) is 0. The summed E-state index contributed by atoms with van der Waals surface area (Å²) in [4.78, 5) is 18.6. The minimum atomic E-state index is -0.459. The first-order valence-corrected chi connectivity index (χ1v) is 6.61. The van der Waals surface area contributed by atoms with E-state index in [0.717, 1.165) is 0 Å². The summed E-state index contributed by atoms with van der Waals surface area (Å²) in [6.45, 7) is 0.615. The van der Waals surface area contributed by atoms with Crippen molar-refractivity contribution in [2.45, 2.75) is 22.6 Å². The van der Waals surface area contributed by atoms with Crippen LogP contribution in [0.5, 0.6) is 0 Å². The molecule has 1 saturated heterocycles. The number of thioether (sulfide) groups is 1. The number of aliphatic imine (C=N–C) groups is 1. The molecule has 1 aromatic heterocycles. The summed E-state index contributed by atoms with van der Waals surface area (Å²) in [6.07, 6.45) is 3.13. The molecule has 3 atom stereocenters. The SMILES string of the molecule is Cn1cnc([N+](=O)[O-])c1SC1NCNC2N=CNC21. The maximum atomic E-state index is 10.9. The molecule has 9 nitrogen and oxygen atoms in total. The Hall–Kier alpha value is -1.65. The molecule has 1 aromatic rings. The lowest BCUT2D eigenvalue weighted by Gasteiger charge is -2.33. The highest BCUT2D eigenvalue weighted by Gasteiger charge is 2.37. The van der Waals surface area contributed by atoms with Gasteiger partial charge in [0.15, 0.2) is 5.03 Å². The number of hydrogen-bond acceptors (Lipinski definition) is 8. The molecule has 0 spiro atoms. The van der Waals surface area contributed by atoms with Crippen LogP contribution in [0.4, 0.5) is 5.82 Å². The van der Waals surface area contributed by atoms with Crippen molar-refractivity contribution in [1.29, 1.82) is 0 Å². The van der Waals surface area contributed by atoms with E-state index in [2.05, 4.69) is 25.9 Å². The number of aromatic nitrogens is 2. The monoisotopic (exact) mass is 283 g/mol. The molecule has 3 unspecified atom stereocenters. The van der Waals surface area contributed by atoms with Gasteiger partial charge in [-0.3, -0.25) is 15.6 Å². The highest BCUT2D eigenvalue weighted by molar-refractivity contribution is 8.00. The van der Waals surface area contributed by atoms with E-state index in [-0.39, 0.29) is 23.4 Å². The van der Waals surface area contributed by atoms with Crippen molar-refractivity contribution >= 4 is 23.9 Å². The van der Waals surface area contributed by atoms with Gasteiger partial charge in [0.1, 0.15) is 6.17 Å². The van der Waals surface area contributed by atoms with Crippen LogP contribution in [0.2, 0.25) is 0 Å². The third-order valence-corrected chi connectivity index (χ3v) is 4.47. The normalized spacial score (nSPS) is 29.0. The molecule has 3 rings (SSSR count). The molecule has 19 heavy (non-hydrogen) atoms. The Balaban J connectivity index is 1.81. The van der Waals surface area contributed by atoms with Crippen molar-refractivity contribution in [3.63, 3.8) is 0 Å². The van der Waals surface area contributed by atoms with Gasteiger partial charge in [0.25, 0.3) is 0 Å². The fraction of sp³-hybridized carbons (Fsp3) is 0.556. The van der Waals surface area contributed by atoms with E-state index >= 15 is 0 Å². The number of imidazole rings is 1. The van der Waals surface area contributed by atoms with Gasteiger partial charge in [0, 0.05) is 13.7 Å². The zero-order valence-corrected chi connectivity index (χ0v) is 10.9. The average molecular weight is 283 g/mol. The first kappa shape index (κ1) is 12.4. The zero-order valence-electron chi connectivity index (χ0n) is 10.1. The molecule has 0 aliphatic carbocycles. The Morgan fingerprint density at radius 1 is 1.58 bits per heavy atom. The van der Waals surface area contributed by atoms with Crippen molar-refractivity contribution in [1.82, 2.24) is 25.5 Å². The van der Waals surface area contributed by atoms with Crippen LogP contribution in [0.1, 0.15) is 0 Å². The molecular weight excluding hydrogens is 270 g/mol. The fourth-order valence-corrected chi connectivity index (χ4v) is 3.35. The topological polar surface area (TPSA) is 109 Å². The van der Waals surface area contributed by atoms with Gasteiger partial charge in [-0.05, 0) is 9.91 Å². The van der Waals surface area contributed by atoms with Crippen LogP contribution < -0.4 is 16.0 Å². The highest BCUT2D eigenvalue weighted by Crippen LogP contribution is 2.32. The number of aryl methyl sites for hydroxylation is 1. The van der Waals surface area contributed by atoms with Gasteiger partial charge in [-0.15, -0.1) is 0 Å². The van der Waals surface area contributed by atoms with Crippen LogP contribution in [0, 0.1) is 10.1 Å². The first-order valence-electron chi connectivity index (χ1n) is 5.73. The molecule has 3 N–H and O–H groups in total. The molecule has 10 heteroatoms. The summed E-state index contributed by atoms with van der Waals surface area (Å²) < 4.78 is 1.66. The summed E-state index contributed by atoms with van der Waals surface area (Å²) in [5, 5.41) is 21.1. The number of nitrogens with zero attached hydrogens (tertiary/aromatic N) is 4. The van der Waals surface area contributed by atoms with Crippen molar-refractivity contribution in [3.05, 3.63) is 16.4 Å². The van der Waals surface area contributed by atoms with E-state index in [1.165, 1.54) is 18.1 Å². The zero-order chi connectivity index (χ0) is 13.4. The predicted molar refractivity (Wildman–Crippen MR) is 69.8 cm³/mol. The lowest BCUT2D eigenvalue weighted by molar-refractivity contribution is -0.392. The quantitative estimate of drug-likeness (QED) is 0.493. The maximum absolute atomic E-state index is 10.9. The lowest BCUT2D eigenvalue weighted by Crippen LogP contribution is -2.60. The van der Waals surface area contributed by atoms with Crippen LogP contribution in [-0.4, -0.2) is 45.1 Å². The van der Waals surface area contributed by atoms with E-state index in [9.17, 15) is 10.1 Å². The van der Waals surface area contributed by atoms with Gasteiger partial charge < -0.3 is 20.0 Å². The fourth-order valence-electron chi connectivity index (χ4n) is 2.12. The summed E-state index contributed by atoms with van der Waals surface area (Å²) >= 11 is 1.39. The van der Waals surface area contributed by atoms with Gasteiger partial charge >= 0.3 is 5.82 Å². The molecule has 0 amide bonds. The molecule has 0 bridgehead atoms. The second kappa shape index (κ2) is 4.79. The smallest absolute Gasteiger partial charge is 0.368 e. The highest BCUT2D eigenvalue weighted by atomic mass is 32.2. The van der Waals surface area contributed by atoms with Gasteiger partial charge in [0.2, 0.25) is 6.33 Å². The Morgan fingerprint density at radius 3 is 3.21 bits per heavy atom. The van der Waals surface area contributed by atoms with Crippen molar-refractivity contribution < 1.29 is 4.92 Å². The second-order valence-electron chi connectivity index (χ2n) is 4.28. The molecule has 102 valence electrons. The molecule has 0 radical (unpaired) electrons. The van der Waals surface area contributed by atoms with Crippen LogP contribution in [0.25, 0.3) is 0 Å². The maximum Gasteiger partial charge on any atom is 0.395 e. The van der Waals surface area contributed by atoms with Crippen LogP contribution >= 0.6 is 11.8 Å². The molecule has 2 aliphatic rings. The Labute approximate surface area is 113 Å². The largest absolute Gasteiger partial charge is 0.395 e. The number of rotatable bonds is 3. The van der Waals surface area contributed by atoms with Gasteiger partial charge in [0.05, 0.1) is 17.8 Å². The minimum absolute atomic E-state index is 0.00559. The van der Waals surface area contributed by atoms with E-state index in [4.69, 9.17) is 0 Å². The third kappa shape index (κ3) is 2.17. The Kier molecular flexibility index (Phi) is 3.12. The average Bonchev–Trinajstić information content (AvgIpc) is 2.97. The van der Waals surface area contributed by atoms with E-state index in [0.29, 0.717) is 11.7 Å². The molecular formula is C9H13N7O2S. The van der Waals surface area contributed by atoms with Crippen LogP contribution in [0.15, 0.2) is 16.3 Å². The number of fused-ring (bicyclic) bond motifs is 1. The van der Waals surface area contributed by atoms with Gasteiger partial charge in [-0.1, -0.05) is 11.8 Å². The Morgan fingerprint density at radius 2 is 2.42 bits per heavy atom. The number of nitrogens with one attached hydrogen (secondary N) is 3. The molecule has 2 aliphatic heterocycles. The summed E-state index contributed by atoms with van der Waals surface area (Å²) in [7, 11) is 1.75.